The largest absolute Gasteiger partial charge is 0.481 e. The molecule has 0 amide bonds. The van der Waals surface area contributed by atoms with Crippen molar-refractivity contribution in [2.45, 2.75) is 25.9 Å². The van der Waals surface area contributed by atoms with Crippen LogP contribution in [0.1, 0.15) is 30.2 Å². The van der Waals surface area contributed by atoms with Gasteiger partial charge < -0.3 is 5.11 Å². The summed E-state index contributed by atoms with van der Waals surface area (Å²) in [6, 6.07) is 5.03. The highest BCUT2D eigenvalue weighted by Crippen LogP contribution is 2.38. The quantitative estimate of drug-likeness (QED) is 0.888. The second kappa shape index (κ2) is 5.09. The van der Waals surface area contributed by atoms with Gasteiger partial charge in [0.25, 0.3) is 0 Å². The first-order chi connectivity index (χ1) is 9.20. The first-order valence-electron chi connectivity index (χ1n) is 6.03. The molecule has 0 aliphatic heterocycles. The smallest absolute Gasteiger partial charge is 0.416 e. The summed E-state index contributed by atoms with van der Waals surface area (Å²) < 4.78 is 38.6. The predicted octanol–water partition coefficient (Wildman–Crippen LogP) is 4.74. The van der Waals surface area contributed by atoms with Crippen LogP contribution in [0, 0.1) is 5.92 Å². The number of carboxylic acid groups (broad SMARTS) is 1. The van der Waals surface area contributed by atoms with Gasteiger partial charge in [-0.1, -0.05) is 13.8 Å². The standard InChI is InChI=1S/C14H13F3O2S/c1-7(2)12(13(18)19)11-6-8-5-9(14(15,16)17)3-4-10(8)20-11/h3-7,12H,1-2H3,(H,18,19). The van der Waals surface area contributed by atoms with Gasteiger partial charge in [0.05, 0.1) is 11.5 Å². The third kappa shape index (κ3) is 2.80. The van der Waals surface area contributed by atoms with E-state index in [1.807, 2.05) is 0 Å². The molecule has 0 spiro atoms. The highest BCUT2D eigenvalue weighted by molar-refractivity contribution is 7.19. The Kier molecular flexibility index (Phi) is 3.77. The van der Waals surface area contributed by atoms with Crippen molar-refractivity contribution in [2.24, 2.45) is 5.92 Å². The van der Waals surface area contributed by atoms with Crippen LogP contribution in [0.2, 0.25) is 0 Å². The fraction of sp³-hybridized carbons (Fsp3) is 0.357. The Balaban J connectivity index is 2.51. The van der Waals surface area contributed by atoms with E-state index in [4.69, 9.17) is 0 Å². The number of halogens is 3. The van der Waals surface area contributed by atoms with Crippen LogP contribution >= 0.6 is 11.3 Å². The van der Waals surface area contributed by atoms with Crippen molar-refractivity contribution in [3.8, 4) is 0 Å². The van der Waals surface area contributed by atoms with Gasteiger partial charge in [0, 0.05) is 9.58 Å². The minimum Gasteiger partial charge on any atom is -0.481 e. The van der Waals surface area contributed by atoms with Gasteiger partial charge in [-0.2, -0.15) is 13.2 Å². The van der Waals surface area contributed by atoms with Crippen LogP contribution in [0.5, 0.6) is 0 Å². The first kappa shape index (κ1) is 14.8. The van der Waals surface area contributed by atoms with Crippen molar-refractivity contribution in [2.75, 3.05) is 0 Å². The second-order valence-corrected chi connectivity index (χ2v) is 6.07. The van der Waals surface area contributed by atoms with Crippen molar-refractivity contribution < 1.29 is 23.1 Å². The fourth-order valence-electron chi connectivity index (χ4n) is 2.13. The maximum Gasteiger partial charge on any atom is 0.416 e. The Morgan fingerprint density at radius 2 is 1.90 bits per heavy atom. The van der Waals surface area contributed by atoms with Crippen LogP contribution in [0.4, 0.5) is 13.2 Å². The Bertz CT molecular complexity index is 643. The number of carbonyl (C=O) groups is 1. The maximum atomic E-state index is 12.6. The normalized spacial score (nSPS) is 13.9. The molecule has 0 fully saturated rings. The summed E-state index contributed by atoms with van der Waals surface area (Å²) in [6.45, 7) is 3.56. The summed E-state index contributed by atoms with van der Waals surface area (Å²) in [5, 5.41) is 9.67. The van der Waals surface area contributed by atoms with Crippen molar-refractivity contribution in [1.29, 1.82) is 0 Å². The van der Waals surface area contributed by atoms with Crippen molar-refractivity contribution in [3.63, 3.8) is 0 Å². The zero-order chi connectivity index (χ0) is 15.1. The number of rotatable bonds is 3. The average Bonchev–Trinajstić information content (AvgIpc) is 2.68. The third-order valence-corrected chi connectivity index (χ3v) is 4.30. The summed E-state index contributed by atoms with van der Waals surface area (Å²) >= 11 is 1.23. The molecule has 108 valence electrons. The van der Waals surface area contributed by atoms with E-state index in [1.54, 1.807) is 19.9 Å². The minimum atomic E-state index is -4.39. The number of hydrogen-bond acceptors (Lipinski definition) is 2. The number of fused-ring (bicyclic) bond motifs is 1. The Morgan fingerprint density at radius 1 is 1.25 bits per heavy atom. The molecule has 0 bridgehead atoms. The minimum absolute atomic E-state index is 0.123. The van der Waals surface area contributed by atoms with Crippen molar-refractivity contribution in [1.82, 2.24) is 0 Å². The zero-order valence-electron chi connectivity index (χ0n) is 10.9. The molecule has 1 unspecified atom stereocenters. The van der Waals surface area contributed by atoms with Crippen LogP contribution in [-0.2, 0) is 11.0 Å². The molecule has 1 N–H and O–H groups in total. The molecule has 0 radical (unpaired) electrons. The Morgan fingerprint density at radius 3 is 2.40 bits per heavy atom. The molecule has 2 rings (SSSR count). The van der Waals surface area contributed by atoms with Crippen LogP contribution < -0.4 is 0 Å². The first-order valence-corrected chi connectivity index (χ1v) is 6.85. The summed E-state index contributed by atoms with van der Waals surface area (Å²) in [5.41, 5.74) is -0.717. The van der Waals surface area contributed by atoms with Gasteiger partial charge in [-0.3, -0.25) is 4.79 Å². The molecule has 0 aliphatic carbocycles. The molecule has 2 nitrogen and oxygen atoms in total. The number of carboxylic acids is 1. The lowest BCUT2D eigenvalue weighted by Crippen LogP contribution is -2.16. The number of hydrogen-bond donors (Lipinski definition) is 1. The molecule has 0 saturated carbocycles. The molecule has 1 heterocycles. The molecule has 0 aliphatic rings. The van der Waals surface area contributed by atoms with Crippen molar-refractivity contribution in [3.05, 3.63) is 34.7 Å². The van der Waals surface area contributed by atoms with Crippen molar-refractivity contribution >= 4 is 27.4 Å². The monoisotopic (exact) mass is 302 g/mol. The molecule has 20 heavy (non-hydrogen) atoms. The Hall–Kier alpha value is -1.56. The molecule has 0 saturated heterocycles. The summed E-state index contributed by atoms with van der Waals surface area (Å²) in [6.07, 6.45) is -4.39. The van der Waals surface area contributed by atoms with E-state index in [0.717, 1.165) is 12.1 Å². The lowest BCUT2D eigenvalue weighted by Gasteiger charge is -2.13. The van der Waals surface area contributed by atoms with Gasteiger partial charge in [-0.25, -0.2) is 0 Å². The SMILES string of the molecule is CC(C)C(C(=O)O)c1cc2cc(C(F)(F)F)ccc2s1. The van der Waals surface area contributed by atoms with Crippen LogP contribution in [0.25, 0.3) is 10.1 Å². The lowest BCUT2D eigenvalue weighted by molar-refractivity contribution is -0.140. The third-order valence-electron chi connectivity index (χ3n) is 3.10. The average molecular weight is 302 g/mol. The predicted molar refractivity (Wildman–Crippen MR) is 72.0 cm³/mol. The molecule has 2 aromatic rings. The molecule has 6 heteroatoms. The molecular formula is C14H13F3O2S. The van der Waals surface area contributed by atoms with E-state index < -0.39 is 23.6 Å². The fourth-order valence-corrected chi connectivity index (χ4v) is 3.44. The van der Waals surface area contributed by atoms with Crippen LogP contribution in [0.15, 0.2) is 24.3 Å². The van der Waals surface area contributed by atoms with Crippen LogP contribution in [-0.4, -0.2) is 11.1 Å². The van der Waals surface area contributed by atoms with Gasteiger partial charge in [-0.15, -0.1) is 11.3 Å². The van der Waals surface area contributed by atoms with Crippen LogP contribution in [0.3, 0.4) is 0 Å². The molecule has 1 aromatic carbocycles. The van der Waals surface area contributed by atoms with E-state index in [-0.39, 0.29) is 5.92 Å². The topological polar surface area (TPSA) is 37.3 Å². The van der Waals surface area contributed by atoms with Gasteiger partial charge in [0.2, 0.25) is 0 Å². The van der Waals surface area contributed by atoms with Gasteiger partial charge >= 0.3 is 12.1 Å². The lowest BCUT2D eigenvalue weighted by atomic mass is 9.94. The van der Waals surface area contributed by atoms with E-state index in [2.05, 4.69) is 0 Å². The molecular weight excluding hydrogens is 289 g/mol. The van der Waals surface area contributed by atoms with E-state index in [0.29, 0.717) is 15.0 Å². The highest BCUT2D eigenvalue weighted by Gasteiger charge is 2.31. The summed E-state index contributed by atoms with van der Waals surface area (Å²) in [5.74, 6) is -1.77. The van der Waals surface area contributed by atoms with E-state index in [1.165, 1.54) is 17.4 Å². The Labute approximate surface area is 117 Å². The number of alkyl halides is 3. The molecule has 1 aromatic heterocycles. The van der Waals surface area contributed by atoms with Gasteiger partial charge in [0.15, 0.2) is 0 Å². The number of benzene rings is 1. The maximum absolute atomic E-state index is 12.6. The number of aliphatic carboxylic acids is 1. The summed E-state index contributed by atoms with van der Waals surface area (Å²) in [7, 11) is 0. The van der Waals surface area contributed by atoms with Gasteiger partial charge in [0.1, 0.15) is 0 Å². The van der Waals surface area contributed by atoms with E-state index >= 15 is 0 Å². The van der Waals surface area contributed by atoms with Gasteiger partial charge in [-0.05, 0) is 35.6 Å². The second-order valence-electron chi connectivity index (χ2n) is 4.96. The summed E-state index contributed by atoms with van der Waals surface area (Å²) in [4.78, 5) is 11.9. The molecule has 1 atom stereocenters. The zero-order valence-corrected chi connectivity index (χ0v) is 11.7. The van der Waals surface area contributed by atoms with E-state index in [9.17, 15) is 23.1 Å². The number of thiophene rings is 1. The highest BCUT2D eigenvalue weighted by atomic mass is 32.1.